The van der Waals surface area contributed by atoms with E-state index < -0.39 is 0 Å². The highest BCUT2D eigenvalue weighted by molar-refractivity contribution is 6.07. The summed E-state index contributed by atoms with van der Waals surface area (Å²) in [6.07, 6.45) is 0.860. The first-order valence-electron chi connectivity index (χ1n) is 16.7. The van der Waals surface area contributed by atoms with E-state index in [-0.39, 0.29) is 11.7 Å². The fourth-order valence-corrected chi connectivity index (χ4v) is 6.03. The Balaban J connectivity index is 1.06. The van der Waals surface area contributed by atoms with Crippen LogP contribution in [0.5, 0.6) is 11.5 Å². The molecule has 0 unspecified atom stereocenters. The number of hydrogen-bond acceptors (Lipinski definition) is 5. The van der Waals surface area contributed by atoms with E-state index in [9.17, 15) is 9.90 Å². The average Bonchev–Trinajstić information content (AvgIpc) is 3.15. The highest BCUT2D eigenvalue weighted by Gasteiger charge is 2.15. The summed E-state index contributed by atoms with van der Waals surface area (Å²) in [6, 6.07) is 45.6. The molecule has 0 aliphatic heterocycles. The largest absolute Gasteiger partial charge is 0.508 e. The molecule has 0 aliphatic rings. The molecule has 49 heavy (non-hydrogen) atoms. The first-order chi connectivity index (χ1) is 24.0. The lowest BCUT2D eigenvalue weighted by atomic mass is 9.88. The number of hydrogen-bond donors (Lipinski definition) is 2. The number of benzene rings is 5. The van der Waals surface area contributed by atoms with Crippen molar-refractivity contribution in [3.8, 4) is 22.8 Å². The fourth-order valence-electron chi connectivity index (χ4n) is 6.03. The maximum atomic E-state index is 13.3. The summed E-state index contributed by atoms with van der Waals surface area (Å²) in [7, 11) is 2.03. The van der Waals surface area contributed by atoms with Crippen LogP contribution in [0, 0.1) is 0 Å². The molecule has 1 amide bonds. The van der Waals surface area contributed by atoms with E-state index in [1.807, 2.05) is 98.0 Å². The highest BCUT2D eigenvalue weighted by Crippen LogP contribution is 2.35. The number of aromatic nitrogens is 1. The molecule has 0 radical (unpaired) electrons. The lowest BCUT2D eigenvalue weighted by molar-refractivity contribution is 0.0951. The third-order valence-electron chi connectivity index (χ3n) is 8.63. The van der Waals surface area contributed by atoms with E-state index in [2.05, 4.69) is 53.5 Å². The van der Waals surface area contributed by atoms with Gasteiger partial charge in [-0.25, -0.2) is 4.98 Å². The maximum absolute atomic E-state index is 13.3. The summed E-state index contributed by atoms with van der Waals surface area (Å²) in [6.45, 7) is 4.59. The molecular weight excluding hydrogens is 606 g/mol. The van der Waals surface area contributed by atoms with Crippen LogP contribution in [0.2, 0.25) is 0 Å². The van der Waals surface area contributed by atoms with Crippen molar-refractivity contribution in [2.75, 3.05) is 33.3 Å². The van der Waals surface area contributed by atoms with Gasteiger partial charge in [-0.1, -0.05) is 110 Å². The number of ether oxygens (including phenoxy) is 1. The molecule has 0 saturated heterocycles. The zero-order valence-corrected chi connectivity index (χ0v) is 28.0. The molecule has 0 aliphatic carbocycles. The van der Waals surface area contributed by atoms with Gasteiger partial charge in [0.05, 0.1) is 16.8 Å². The van der Waals surface area contributed by atoms with Crippen molar-refractivity contribution in [2.45, 2.75) is 13.3 Å². The number of rotatable bonds is 13. The molecule has 0 bridgehead atoms. The van der Waals surface area contributed by atoms with Gasteiger partial charge in [0.25, 0.3) is 5.91 Å². The zero-order chi connectivity index (χ0) is 34.0. The number of phenols is 1. The lowest BCUT2D eigenvalue weighted by Crippen LogP contribution is -2.34. The van der Waals surface area contributed by atoms with Gasteiger partial charge in [-0.05, 0) is 77.7 Å². The monoisotopic (exact) mass is 647 g/mol. The Labute approximate surface area is 288 Å². The lowest BCUT2D eigenvalue weighted by Gasteiger charge is -2.18. The van der Waals surface area contributed by atoms with Crippen molar-refractivity contribution < 1.29 is 14.6 Å². The van der Waals surface area contributed by atoms with Crippen LogP contribution in [0.25, 0.3) is 33.3 Å². The number of amides is 1. The van der Waals surface area contributed by atoms with Gasteiger partial charge in [-0.2, -0.15) is 0 Å². The predicted octanol–water partition coefficient (Wildman–Crippen LogP) is 8.72. The summed E-state index contributed by atoms with van der Waals surface area (Å²) in [5, 5.41) is 13.9. The van der Waals surface area contributed by atoms with E-state index in [0.29, 0.717) is 31.8 Å². The molecule has 246 valence electrons. The maximum Gasteiger partial charge on any atom is 0.252 e. The number of carbonyl (C=O) groups is 1. The predicted molar refractivity (Wildman–Crippen MR) is 200 cm³/mol. The van der Waals surface area contributed by atoms with Crippen molar-refractivity contribution in [3.05, 3.63) is 162 Å². The first-order valence-corrected chi connectivity index (χ1v) is 16.7. The summed E-state index contributed by atoms with van der Waals surface area (Å²) < 4.78 is 6.12. The molecule has 0 spiro atoms. The first kappa shape index (κ1) is 33.2. The van der Waals surface area contributed by atoms with E-state index in [1.54, 1.807) is 12.1 Å². The van der Waals surface area contributed by atoms with Gasteiger partial charge in [0, 0.05) is 30.6 Å². The second kappa shape index (κ2) is 15.9. The number of carbonyl (C=O) groups excluding carboxylic acids is 1. The average molecular weight is 648 g/mol. The molecule has 0 atom stereocenters. The number of aromatic hydroxyl groups is 1. The summed E-state index contributed by atoms with van der Waals surface area (Å²) in [5.74, 6) is 0.934. The summed E-state index contributed by atoms with van der Waals surface area (Å²) >= 11 is 0. The van der Waals surface area contributed by atoms with Gasteiger partial charge in [0.1, 0.15) is 18.1 Å². The molecule has 6 rings (SSSR count). The normalized spacial score (nSPS) is 11.7. The van der Waals surface area contributed by atoms with Crippen LogP contribution in [0.1, 0.15) is 40.4 Å². The minimum Gasteiger partial charge on any atom is -0.508 e. The Morgan fingerprint density at radius 3 is 2.08 bits per heavy atom. The van der Waals surface area contributed by atoms with Crippen molar-refractivity contribution in [1.82, 2.24) is 15.2 Å². The van der Waals surface area contributed by atoms with Crippen molar-refractivity contribution in [2.24, 2.45) is 0 Å². The van der Waals surface area contributed by atoms with Crippen molar-refractivity contribution in [1.29, 1.82) is 0 Å². The minimum absolute atomic E-state index is 0.111. The quantitative estimate of drug-likeness (QED) is 0.123. The van der Waals surface area contributed by atoms with Crippen LogP contribution in [-0.2, 0) is 0 Å². The highest BCUT2D eigenvalue weighted by atomic mass is 16.5. The van der Waals surface area contributed by atoms with Gasteiger partial charge >= 0.3 is 0 Å². The number of nitrogens with one attached hydrogen (secondary N) is 1. The molecule has 6 aromatic rings. The Bertz CT molecular complexity index is 2020. The fraction of sp³-hybridized carbons (Fsp3) is 0.163. The Morgan fingerprint density at radius 1 is 0.755 bits per heavy atom. The van der Waals surface area contributed by atoms with E-state index in [0.717, 1.165) is 51.0 Å². The number of para-hydroxylation sites is 1. The Morgan fingerprint density at radius 2 is 1.39 bits per heavy atom. The van der Waals surface area contributed by atoms with Gasteiger partial charge in [-0.15, -0.1) is 0 Å². The van der Waals surface area contributed by atoms with Crippen LogP contribution in [0.3, 0.4) is 0 Å². The van der Waals surface area contributed by atoms with E-state index >= 15 is 0 Å². The van der Waals surface area contributed by atoms with Crippen molar-refractivity contribution in [3.63, 3.8) is 0 Å². The Hall–Kier alpha value is -5.72. The van der Waals surface area contributed by atoms with Crippen LogP contribution < -0.4 is 10.1 Å². The molecule has 6 nitrogen and oxygen atoms in total. The van der Waals surface area contributed by atoms with E-state index in [4.69, 9.17) is 9.72 Å². The standard InChI is InChI=1S/C43H41N3O3/c1-3-37(31-12-6-4-7-13-31)42(33-18-22-35(47)23-19-33)34-20-24-36(25-21-34)49-29-28-46(2)27-26-44-43(48)39-30-41(32-14-8-5-9-15-32)45-40-17-11-10-16-38(39)40/h4-25,30,47H,3,26-29H2,1-2H3,(H,44,48). The molecule has 2 N–H and O–H groups in total. The summed E-state index contributed by atoms with van der Waals surface area (Å²) in [4.78, 5) is 20.3. The third-order valence-corrected chi connectivity index (χ3v) is 8.63. The zero-order valence-electron chi connectivity index (χ0n) is 28.0. The Kier molecular flexibility index (Phi) is 10.8. The van der Waals surface area contributed by atoms with Crippen LogP contribution in [0.15, 0.2) is 140 Å². The SMILES string of the molecule is CCC(=C(c1ccc(O)cc1)c1ccc(OCCN(C)CCNC(=O)c2cc(-c3ccccc3)nc3ccccc23)cc1)c1ccccc1. The number of nitrogens with zero attached hydrogens (tertiary/aromatic N) is 2. The molecule has 1 aromatic heterocycles. The third kappa shape index (κ3) is 8.23. The van der Waals surface area contributed by atoms with Crippen LogP contribution in [0.4, 0.5) is 0 Å². The molecule has 0 saturated carbocycles. The molecule has 5 aromatic carbocycles. The minimum atomic E-state index is -0.111. The molecular formula is C43H41N3O3. The van der Waals surface area contributed by atoms with Gasteiger partial charge in [0.15, 0.2) is 0 Å². The van der Waals surface area contributed by atoms with Gasteiger partial charge in [-0.3, -0.25) is 4.79 Å². The van der Waals surface area contributed by atoms with Gasteiger partial charge in [0.2, 0.25) is 0 Å². The summed E-state index contributed by atoms with van der Waals surface area (Å²) in [5.41, 5.74) is 8.87. The number of phenolic OH excluding ortho intramolecular Hbond substituents is 1. The van der Waals surface area contributed by atoms with E-state index in [1.165, 1.54) is 11.1 Å². The molecule has 6 heteroatoms. The second-order valence-electron chi connectivity index (χ2n) is 12.0. The smallest absolute Gasteiger partial charge is 0.252 e. The van der Waals surface area contributed by atoms with Crippen molar-refractivity contribution >= 4 is 28.0 Å². The molecule has 0 fully saturated rings. The number of pyridine rings is 1. The second-order valence-corrected chi connectivity index (χ2v) is 12.0. The van der Waals surface area contributed by atoms with Crippen LogP contribution >= 0.6 is 0 Å². The molecule has 1 heterocycles. The number of fused-ring (bicyclic) bond motifs is 1. The van der Waals surface area contributed by atoms with Crippen LogP contribution in [-0.4, -0.2) is 54.2 Å². The van der Waals surface area contributed by atoms with Gasteiger partial charge < -0.3 is 20.1 Å². The number of allylic oxidation sites excluding steroid dienone is 1. The topological polar surface area (TPSA) is 74.7 Å². The number of likely N-dealkylation sites (N-methyl/N-ethyl adjacent to an activating group) is 1.